The van der Waals surface area contributed by atoms with E-state index in [0.29, 0.717) is 17.3 Å². The lowest BCUT2D eigenvalue weighted by Crippen LogP contribution is -2.15. The number of carbonyl (C=O) groups is 1. The van der Waals surface area contributed by atoms with E-state index in [4.69, 9.17) is 0 Å². The highest BCUT2D eigenvalue weighted by molar-refractivity contribution is 6.03. The fourth-order valence-corrected chi connectivity index (χ4v) is 3.33. The lowest BCUT2D eigenvalue weighted by Gasteiger charge is -2.11. The van der Waals surface area contributed by atoms with Gasteiger partial charge in [-0.15, -0.1) is 0 Å². The summed E-state index contributed by atoms with van der Waals surface area (Å²) in [6.07, 6.45) is 1.75. The molecule has 1 amide bonds. The van der Waals surface area contributed by atoms with E-state index in [9.17, 15) is 4.79 Å². The number of nitrogens with zero attached hydrogens (tertiary/aromatic N) is 3. The Kier molecular flexibility index (Phi) is 4.91. The SMILES string of the molecule is Cc1cc(C)cc(NC(=O)c2cc(Nc3cccc4cccnc34)nc(C)n2)c1. The van der Waals surface area contributed by atoms with Gasteiger partial charge in [-0.25, -0.2) is 9.97 Å². The molecule has 0 bridgehead atoms. The molecule has 2 aromatic heterocycles. The van der Waals surface area contributed by atoms with E-state index in [2.05, 4.69) is 31.7 Å². The van der Waals surface area contributed by atoms with Crippen molar-refractivity contribution in [3.8, 4) is 0 Å². The molecule has 6 heteroatoms. The largest absolute Gasteiger partial charge is 0.338 e. The van der Waals surface area contributed by atoms with Crippen LogP contribution in [0.5, 0.6) is 0 Å². The first-order valence-corrected chi connectivity index (χ1v) is 9.34. The second-order valence-electron chi connectivity index (χ2n) is 7.02. The van der Waals surface area contributed by atoms with Crippen molar-refractivity contribution < 1.29 is 4.79 Å². The Morgan fingerprint density at radius 3 is 2.45 bits per heavy atom. The number of rotatable bonds is 4. The van der Waals surface area contributed by atoms with Gasteiger partial charge in [-0.05, 0) is 56.2 Å². The summed E-state index contributed by atoms with van der Waals surface area (Å²) in [5.74, 6) is 0.773. The van der Waals surface area contributed by atoms with Crippen LogP contribution in [0.2, 0.25) is 0 Å². The molecule has 0 atom stereocenters. The number of benzene rings is 2. The second-order valence-corrected chi connectivity index (χ2v) is 7.02. The molecule has 0 aliphatic rings. The van der Waals surface area contributed by atoms with Crippen molar-refractivity contribution in [3.05, 3.63) is 83.4 Å². The lowest BCUT2D eigenvalue weighted by atomic mass is 10.1. The van der Waals surface area contributed by atoms with E-state index >= 15 is 0 Å². The van der Waals surface area contributed by atoms with Crippen molar-refractivity contribution in [1.29, 1.82) is 0 Å². The number of anilines is 3. The summed E-state index contributed by atoms with van der Waals surface area (Å²) in [4.78, 5) is 25.9. The predicted octanol–water partition coefficient (Wildman–Crippen LogP) is 4.95. The van der Waals surface area contributed by atoms with Gasteiger partial charge >= 0.3 is 0 Å². The minimum Gasteiger partial charge on any atom is -0.338 e. The van der Waals surface area contributed by atoms with Crippen LogP contribution in [0, 0.1) is 20.8 Å². The second kappa shape index (κ2) is 7.67. The molecule has 0 spiro atoms. The number of hydrogen-bond acceptors (Lipinski definition) is 5. The van der Waals surface area contributed by atoms with Crippen LogP contribution in [0.1, 0.15) is 27.4 Å². The molecule has 2 aromatic carbocycles. The van der Waals surface area contributed by atoms with Gasteiger partial charge in [-0.3, -0.25) is 9.78 Å². The number of nitrogens with one attached hydrogen (secondary N) is 2. The van der Waals surface area contributed by atoms with Gasteiger partial charge in [-0.1, -0.05) is 24.3 Å². The van der Waals surface area contributed by atoms with E-state index in [-0.39, 0.29) is 5.91 Å². The van der Waals surface area contributed by atoms with Crippen LogP contribution in [-0.2, 0) is 0 Å². The quantitative estimate of drug-likeness (QED) is 0.521. The molecule has 0 radical (unpaired) electrons. The molecule has 6 nitrogen and oxygen atoms in total. The lowest BCUT2D eigenvalue weighted by molar-refractivity contribution is 0.102. The zero-order chi connectivity index (χ0) is 20.4. The Morgan fingerprint density at radius 1 is 0.897 bits per heavy atom. The summed E-state index contributed by atoms with van der Waals surface area (Å²) in [5.41, 5.74) is 4.88. The van der Waals surface area contributed by atoms with E-state index in [0.717, 1.165) is 33.4 Å². The molecule has 2 N–H and O–H groups in total. The van der Waals surface area contributed by atoms with Crippen molar-refractivity contribution in [2.24, 2.45) is 0 Å². The minimum atomic E-state index is -0.278. The highest BCUT2D eigenvalue weighted by Crippen LogP contribution is 2.24. The van der Waals surface area contributed by atoms with Gasteiger partial charge in [-0.2, -0.15) is 0 Å². The van der Waals surface area contributed by atoms with Crippen molar-refractivity contribution in [2.75, 3.05) is 10.6 Å². The van der Waals surface area contributed by atoms with Crippen LogP contribution in [0.4, 0.5) is 17.2 Å². The fourth-order valence-electron chi connectivity index (χ4n) is 3.33. The molecular formula is C23H21N5O. The van der Waals surface area contributed by atoms with Crippen LogP contribution in [0.3, 0.4) is 0 Å². The molecular weight excluding hydrogens is 362 g/mol. The maximum absolute atomic E-state index is 12.8. The first-order chi connectivity index (χ1) is 14.0. The summed E-state index contributed by atoms with van der Waals surface area (Å²) < 4.78 is 0. The molecule has 0 aliphatic heterocycles. The Balaban J connectivity index is 1.62. The normalized spacial score (nSPS) is 10.7. The molecule has 144 valence electrons. The molecule has 2 heterocycles. The predicted molar refractivity (Wildman–Crippen MR) is 116 cm³/mol. The van der Waals surface area contributed by atoms with Crippen molar-refractivity contribution >= 4 is 34.0 Å². The van der Waals surface area contributed by atoms with Crippen molar-refractivity contribution in [3.63, 3.8) is 0 Å². The number of para-hydroxylation sites is 1. The standard InChI is InChI=1S/C23H21N5O/c1-14-10-15(2)12-18(11-14)27-23(29)20-13-21(26-16(3)25-20)28-19-8-4-6-17-7-5-9-24-22(17)19/h4-13H,1-3H3,(H,27,29)(H,25,26,28). The van der Waals surface area contributed by atoms with Crippen molar-refractivity contribution in [1.82, 2.24) is 15.0 Å². The summed E-state index contributed by atoms with van der Waals surface area (Å²) in [6, 6.07) is 17.4. The maximum Gasteiger partial charge on any atom is 0.274 e. The zero-order valence-corrected chi connectivity index (χ0v) is 16.5. The number of fused-ring (bicyclic) bond motifs is 1. The average molecular weight is 383 g/mol. The Labute approximate surface area is 169 Å². The Morgan fingerprint density at radius 2 is 1.66 bits per heavy atom. The number of aromatic nitrogens is 3. The average Bonchev–Trinajstić information content (AvgIpc) is 2.67. The maximum atomic E-state index is 12.8. The van der Waals surface area contributed by atoms with E-state index in [1.54, 1.807) is 19.2 Å². The third-order valence-electron chi connectivity index (χ3n) is 4.45. The van der Waals surface area contributed by atoms with E-state index in [1.807, 2.05) is 56.3 Å². The van der Waals surface area contributed by atoms with Gasteiger partial charge in [0, 0.05) is 23.3 Å². The summed E-state index contributed by atoms with van der Waals surface area (Å²) >= 11 is 0. The van der Waals surface area contributed by atoms with Crippen molar-refractivity contribution in [2.45, 2.75) is 20.8 Å². The molecule has 4 aromatic rings. The van der Waals surface area contributed by atoms with E-state index in [1.165, 1.54) is 0 Å². The van der Waals surface area contributed by atoms with Crippen LogP contribution >= 0.6 is 0 Å². The summed E-state index contributed by atoms with van der Waals surface area (Å²) in [6.45, 7) is 5.76. The monoisotopic (exact) mass is 383 g/mol. The molecule has 4 rings (SSSR count). The number of hydrogen-bond donors (Lipinski definition) is 2. The fraction of sp³-hybridized carbons (Fsp3) is 0.130. The van der Waals surface area contributed by atoms with Gasteiger partial charge < -0.3 is 10.6 Å². The number of carbonyl (C=O) groups excluding carboxylic acids is 1. The third-order valence-corrected chi connectivity index (χ3v) is 4.45. The molecule has 0 aliphatic carbocycles. The molecule has 0 saturated heterocycles. The molecule has 0 saturated carbocycles. The number of amides is 1. The van der Waals surface area contributed by atoms with Crippen LogP contribution in [0.25, 0.3) is 10.9 Å². The van der Waals surface area contributed by atoms with Gasteiger partial charge in [0.15, 0.2) is 0 Å². The van der Waals surface area contributed by atoms with Gasteiger partial charge in [0.2, 0.25) is 0 Å². The Bertz CT molecular complexity index is 1190. The number of pyridine rings is 1. The molecule has 0 unspecified atom stereocenters. The summed E-state index contributed by atoms with van der Waals surface area (Å²) in [7, 11) is 0. The molecule has 0 fully saturated rings. The molecule has 29 heavy (non-hydrogen) atoms. The highest BCUT2D eigenvalue weighted by Gasteiger charge is 2.12. The van der Waals surface area contributed by atoms with Gasteiger partial charge in [0.1, 0.15) is 17.3 Å². The highest BCUT2D eigenvalue weighted by atomic mass is 16.1. The first-order valence-electron chi connectivity index (χ1n) is 9.34. The van der Waals surface area contributed by atoms with Crippen LogP contribution < -0.4 is 10.6 Å². The third kappa shape index (κ3) is 4.21. The van der Waals surface area contributed by atoms with E-state index < -0.39 is 0 Å². The minimum absolute atomic E-state index is 0.278. The first kappa shape index (κ1) is 18.6. The van der Waals surface area contributed by atoms with Gasteiger partial charge in [0.25, 0.3) is 5.91 Å². The Hall–Kier alpha value is -3.80. The van der Waals surface area contributed by atoms with Gasteiger partial charge in [0.05, 0.1) is 11.2 Å². The summed E-state index contributed by atoms with van der Waals surface area (Å²) in [5, 5.41) is 7.21. The van der Waals surface area contributed by atoms with Crippen LogP contribution in [-0.4, -0.2) is 20.9 Å². The van der Waals surface area contributed by atoms with Crippen LogP contribution in [0.15, 0.2) is 60.8 Å². The zero-order valence-electron chi connectivity index (χ0n) is 16.5. The number of aryl methyl sites for hydroxylation is 3. The topological polar surface area (TPSA) is 79.8 Å². The smallest absolute Gasteiger partial charge is 0.274 e.